The summed E-state index contributed by atoms with van der Waals surface area (Å²) in [7, 11) is 0. The Bertz CT molecular complexity index is 649. The Morgan fingerprint density at radius 3 is 2.91 bits per heavy atom. The van der Waals surface area contributed by atoms with Crippen molar-refractivity contribution in [3.8, 4) is 0 Å². The average Bonchev–Trinajstić information content (AvgIpc) is 3.01. The third-order valence-corrected chi connectivity index (χ3v) is 6.29. The second-order valence-corrected chi connectivity index (χ2v) is 7.94. The lowest BCUT2D eigenvalue weighted by Gasteiger charge is -2.29. The number of rotatable bonds is 5. The van der Waals surface area contributed by atoms with Gasteiger partial charge in [-0.15, -0.1) is 11.3 Å². The smallest absolute Gasteiger partial charge is 0.107 e. The molecule has 4 rings (SSSR count). The molecule has 3 heterocycles. The highest BCUT2D eigenvalue weighted by molar-refractivity contribution is 7.09. The van der Waals surface area contributed by atoms with Gasteiger partial charge in [-0.05, 0) is 61.9 Å². The van der Waals surface area contributed by atoms with Gasteiger partial charge in [0.15, 0.2) is 0 Å². The highest BCUT2D eigenvalue weighted by Gasteiger charge is 2.56. The van der Waals surface area contributed by atoms with E-state index in [2.05, 4.69) is 38.6 Å². The largest absolute Gasteiger partial charge is 0.317 e. The maximum atomic E-state index is 4.51. The zero-order valence-electron chi connectivity index (χ0n) is 13.7. The fraction of sp³-hybridized carbons (Fsp3) is 0.556. The second-order valence-electron chi connectivity index (χ2n) is 6.97. The maximum absolute atomic E-state index is 4.51. The van der Waals surface area contributed by atoms with E-state index < -0.39 is 0 Å². The van der Waals surface area contributed by atoms with E-state index in [9.17, 15) is 0 Å². The Hall–Kier alpha value is -1.30. The van der Waals surface area contributed by atoms with Crippen molar-refractivity contribution in [3.05, 3.63) is 46.2 Å². The third-order valence-electron chi connectivity index (χ3n) is 5.53. The van der Waals surface area contributed by atoms with Crippen molar-refractivity contribution >= 4 is 11.3 Å². The molecule has 1 aliphatic carbocycles. The summed E-state index contributed by atoms with van der Waals surface area (Å²) in [5, 5.41) is 6.81. The van der Waals surface area contributed by atoms with Crippen molar-refractivity contribution in [2.45, 2.75) is 45.3 Å². The summed E-state index contributed by atoms with van der Waals surface area (Å²) in [6.07, 6.45) is 9.81. The van der Waals surface area contributed by atoms with Crippen molar-refractivity contribution in [1.82, 2.24) is 20.2 Å². The Kier molecular flexibility index (Phi) is 4.18. The van der Waals surface area contributed by atoms with E-state index in [1.54, 1.807) is 11.3 Å². The van der Waals surface area contributed by atoms with Crippen molar-refractivity contribution < 1.29 is 0 Å². The number of hydrogen-bond donors (Lipinski definition) is 1. The fourth-order valence-electron chi connectivity index (χ4n) is 3.97. The summed E-state index contributed by atoms with van der Waals surface area (Å²) in [5.74, 6) is 0. The van der Waals surface area contributed by atoms with Gasteiger partial charge >= 0.3 is 0 Å². The minimum Gasteiger partial charge on any atom is -0.317 e. The first-order valence-electron chi connectivity index (χ1n) is 8.49. The van der Waals surface area contributed by atoms with Crippen LogP contribution in [0, 0.1) is 12.3 Å². The van der Waals surface area contributed by atoms with E-state index in [0.717, 1.165) is 13.1 Å². The highest BCUT2D eigenvalue weighted by Crippen LogP contribution is 2.56. The number of nitrogens with one attached hydrogen (secondary N) is 1. The first-order valence-corrected chi connectivity index (χ1v) is 9.37. The van der Waals surface area contributed by atoms with Gasteiger partial charge in [0, 0.05) is 36.6 Å². The summed E-state index contributed by atoms with van der Waals surface area (Å²) >= 11 is 1.77. The van der Waals surface area contributed by atoms with E-state index >= 15 is 0 Å². The van der Waals surface area contributed by atoms with Gasteiger partial charge < -0.3 is 5.32 Å². The number of nitrogens with zero attached hydrogens (tertiary/aromatic N) is 3. The minimum absolute atomic E-state index is 0.554. The van der Waals surface area contributed by atoms with Crippen molar-refractivity contribution in [1.29, 1.82) is 0 Å². The Morgan fingerprint density at radius 1 is 1.30 bits per heavy atom. The van der Waals surface area contributed by atoms with Crippen LogP contribution < -0.4 is 5.32 Å². The molecule has 1 unspecified atom stereocenters. The summed E-state index contributed by atoms with van der Waals surface area (Å²) in [6.45, 7) is 6.48. The molecule has 1 saturated carbocycles. The van der Waals surface area contributed by atoms with Crippen LogP contribution in [-0.4, -0.2) is 34.0 Å². The van der Waals surface area contributed by atoms with Gasteiger partial charge in [0.1, 0.15) is 5.01 Å². The number of pyridine rings is 1. The van der Waals surface area contributed by atoms with Crippen LogP contribution in [0.4, 0.5) is 0 Å². The van der Waals surface area contributed by atoms with Gasteiger partial charge in [0.05, 0.1) is 6.54 Å². The second kappa shape index (κ2) is 6.30. The Balaban J connectivity index is 1.53. The SMILES string of the molecule is Cc1ccncc1CN(Cc1nccs1)C1CC12CCNCC2. The first-order chi connectivity index (χ1) is 11.3. The third kappa shape index (κ3) is 3.18. The molecule has 2 fully saturated rings. The Morgan fingerprint density at radius 2 is 2.17 bits per heavy atom. The number of aromatic nitrogens is 2. The van der Waals surface area contributed by atoms with E-state index in [4.69, 9.17) is 0 Å². The molecule has 2 aromatic rings. The number of hydrogen-bond acceptors (Lipinski definition) is 5. The lowest BCUT2D eigenvalue weighted by Crippen LogP contribution is -2.35. The number of thiazole rings is 1. The molecule has 1 spiro atoms. The first kappa shape index (κ1) is 15.2. The molecular formula is C18H24N4S. The summed E-state index contributed by atoms with van der Waals surface area (Å²) in [6, 6.07) is 2.82. The molecule has 0 radical (unpaired) electrons. The van der Waals surface area contributed by atoms with Crippen molar-refractivity contribution in [3.63, 3.8) is 0 Å². The van der Waals surface area contributed by atoms with Gasteiger partial charge in [0.2, 0.25) is 0 Å². The van der Waals surface area contributed by atoms with Gasteiger partial charge in [0.25, 0.3) is 0 Å². The zero-order valence-corrected chi connectivity index (χ0v) is 14.5. The molecule has 2 aliphatic rings. The van der Waals surface area contributed by atoms with Gasteiger partial charge in [-0.3, -0.25) is 9.88 Å². The maximum Gasteiger partial charge on any atom is 0.107 e. The van der Waals surface area contributed by atoms with Crippen LogP contribution in [0.2, 0.25) is 0 Å². The molecule has 0 bridgehead atoms. The topological polar surface area (TPSA) is 41.1 Å². The predicted molar refractivity (Wildman–Crippen MR) is 93.3 cm³/mol. The normalized spacial score (nSPS) is 22.6. The van der Waals surface area contributed by atoms with Crippen LogP contribution in [0.5, 0.6) is 0 Å². The lowest BCUT2D eigenvalue weighted by molar-refractivity contribution is 0.187. The number of piperidine rings is 1. The standard InChI is InChI=1S/C18H24N4S/c1-14-2-5-20-11-15(14)12-22(13-17-21-8-9-23-17)16-10-18(16)3-6-19-7-4-18/h2,5,8-9,11,16,19H,3-4,6-7,10,12-13H2,1H3. The minimum atomic E-state index is 0.554. The van der Waals surface area contributed by atoms with Crippen LogP contribution >= 0.6 is 11.3 Å². The lowest BCUT2D eigenvalue weighted by atomic mass is 9.93. The van der Waals surface area contributed by atoms with E-state index in [-0.39, 0.29) is 0 Å². The van der Waals surface area contributed by atoms with Crippen LogP contribution in [0.25, 0.3) is 0 Å². The average molecular weight is 328 g/mol. The van der Waals surface area contributed by atoms with E-state index in [1.807, 2.05) is 18.6 Å². The zero-order chi connectivity index (χ0) is 15.7. The van der Waals surface area contributed by atoms with Crippen LogP contribution in [-0.2, 0) is 13.1 Å². The number of aryl methyl sites for hydroxylation is 1. The molecular weight excluding hydrogens is 304 g/mol. The fourth-order valence-corrected chi connectivity index (χ4v) is 4.61. The van der Waals surface area contributed by atoms with Crippen LogP contribution in [0.3, 0.4) is 0 Å². The molecule has 4 nitrogen and oxygen atoms in total. The highest BCUT2D eigenvalue weighted by atomic mass is 32.1. The molecule has 0 aromatic carbocycles. The van der Waals surface area contributed by atoms with Crippen molar-refractivity contribution in [2.24, 2.45) is 5.41 Å². The molecule has 1 atom stereocenters. The Labute approximate surface area is 142 Å². The van der Waals surface area contributed by atoms with E-state index in [1.165, 1.54) is 48.5 Å². The summed E-state index contributed by atoms with van der Waals surface area (Å²) in [4.78, 5) is 11.5. The van der Waals surface area contributed by atoms with Gasteiger partial charge in [-0.25, -0.2) is 4.98 Å². The predicted octanol–water partition coefficient (Wildman–Crippen LogP) is 2.99. The van der Waals surface area contributed by atoms with Crippen molar-refractivity contribution in [2.75, 3.05) is 13.1 Å². The molecule has 1 aliphatic heterocycles. The molecule has 1 saturated heterocycles. The van der Waals surface area contributed by atoms with E-state index in [0.29, 0.717) is 11.5 Å². The summed E-state index contributed by atoms with van der Waals surface area (Å²) < 4.78 is 0. The molecule has 2 aromatic heterocycles. The molecule has 5 heteroatoms. The molecule has 23 heavy (non-hydrogen) atoms. The molecule has 122 valence electrons. The van der Waals surface area contributed by atoms with Crippen LogP contribution in [0.1, 0.15) is 35.4 Å². The molecule has 1 N–H and O–H groups in total. The molecule has 0 amide bonds. The quantitative estimate of drug-likeness (QED) is 0.916. The van der Waals surface area contributed by atoms with Gasteiger partial charge in [-0.2, -0.15) is 0 Å². The van der Waals surface area contributed by atoms with Crippen LogP contribution in [0.15, 0.2) is 30.0 Å². The summed E-state index contributed by atoms with van der Waals surface area (Å²) in [5.41, 5.74) is 3.24. The van der Waals surface area contributed by atoms with Gasteiger partial charge in [-0.1, -0.05) is 0 Å². The monoisotopic (exact) mass is 328 g/mol.